The molecule has 0 aromatic heterocycles. The number of thiocarbonyl (C=S) groups is 1. The number of hydrazine groups is 1. The maximum atomic E-state index is 5.66. The van der Waals surface area contributed by atoms with Crippen molar-refractivity contribution in [2.24, 2.45) is 5.84 Å². The van der Waals surface area contributed by atoms with Crippen molar-refractivity contribution in [3.63, 3.8) is 0 Å². The van der Waals surface area contributed by atoms with Gasteiger partial charge in [-0.2, -0.15) is 0 Å². The lowest BCUT2D eigenvalue weighted by Crippen LogP contribution is -2.40. The Morgan fingerprint density at radius 2 is 2.17 bits per heavy atom. The molecule has 0 aliphatic carbocycles. The highest BCUT2D eigenvalue weighted by atomic mass is 32.1. The predicted molar refractivity (Wildman–Crippen MR) is 61.2 cm³/mol. The van der Waals surface area contributed by atoms with E-state index < -0.39 is 0 Å². The fourth-order valence-electron chi connectivity index (χ4n) is 1.02. The van der Waals surface area contributed by atoms with Gasteiger partial charge in [-0.25, -0.2) is 5.84 Å². The van der Waals surface area contributed by atoms with Crippen LogP contribution in [0.15, 0.2) is 0 Å². The molecule has 0 spiro atoms. The molecule has 2 nitrogen and oxygen atoms in total. The predicted octanol–water partition coefficient (Wildman–Crippen LogP) is 2.35. The second kappa shape index (κ2) is 6.69. The molecule has 72 valence electrons. The van der Waals surface area contributed by atoms with Gasteiger partial charge in [0, 0.05) is 6.04 Å². The zero-order valence-electron chi connectivity index (χ0n) is 7.79. The van der Waals surface area contributed by atoms with Crippen molar-refractivity contribution in [2.45, 2.75) is 45.6 Å². The second-order valence-electron chi connectivity index (χ2n) is 3.03. The van der Waals surface area contributed by atoms with Crippen molar-refractivity contribution < 1.29 is 0 Å². The van der Waals surface area contributed by atoms with Crippen molar-refractivity contribution in [1.82, 2.24) is 5.01 Å². The molecule has 0 amide bonds. The molecule has 0 saturated heterocycles. The second-order valence-corrected chi connectivity index (χ2v) is 4.15. The van der Waals surface area contributed by atoms with Crippen molar-refractivity contribution >= 4 is 29.2 Å². The van der Waals surface area contributed by atoms with E-state index in [0.717, 1.165) is 6.42 Å². The molecule has 2 N–H and O–H groups in total. The Kier molecular flexibility index (Phi) is 6.80. The van der Waals surface area contributed by atoms with Gasteiger partial charge in [-0.1, -0.05) is 38.4 Å². The monoisotopic (exact) mass is 206 g/mol. The molecule has 1 atom stereocenters. The Morgan fingerprint density at radius 1 is 1.58 bits per heavy atom. The first-order chi connectivity index (χ1) is 5.59. The smallest absolute Gasteiger partial charge is 0.147 e. The molecule has 0 aliphatic rings. The Labute approximate surface area is 85.9 Å². The van der Waals surface area contributed by atoms with Gasteiger partial charge in [0.1, 0.15) is 4.32 Å². The van der Waals surface area contributed by atoms with Gasteiger partial charge in [0.15, 0.2) is 0 Å². The minimum absolute atomic E-state index is 0.307. The molecule has 0 radical (unpaired) electrons. The number of rotatable bonds is 5. The zero-order valence-corrected chi connectivity index (χ0v) is 9.50. The van der Waals surface area contributed by atoms with Gasteiger partial charge < -0.3 is 0 Å². The highest BCUT2D eigenvalue weighted by Gasteiger charge is 2.09. The highest BCUT2D eigenvalue weighted by molar-refractivity contribution is 8.10. The van der Waals surface area contributed by atoms with Crippen molar-refractivity contribution in [2.75, 3.05) is 0 Å². The van der Waals surface area contributed by atoms with Crippen LogP contribution in [0.5, 0.6) is 0 Å². The molecular weight excluding hydrogens is 188 g/mol. The molecule has 0 rings (SSSR count). The lowest BCUT2D eigenvalue weighted by molar-refractivity contribution is 0.327. The summed E-state index contributed by atoms with van der Waals surface area (Å²) in [5.41, 5.74) is 0. The number of hydrogen-bond acceptors (Lipinski definition) is 2. The molecule has 4 heteroatoms. The molecule has 0 bridgehead atoms. The summed E-state index contributed by atoms with van der Waals surface area (Å²) < 4.78 is 0.471. The summed E-state index contributed by atoms with van der Waals surface area (Å²) in [6, 6.07) is 0.307. The number of nitrogens with two attached hydrogens (primary N) is 1. The summed E-state index contributed by atoms with van der Waals surface area (Å²) in [6.07, 6.45) is 4.80. The van der Waals surface area contributed by atoms with Gasteiger partial charge >= 0.3 is 0 Å². The van der Waals surface area contributed by atoms with Gasteiger partial charge in [0.25, 0.3) is 0 Å². The lowest BCUT2D eigenvalue weighted by Gasteiger charge is -2.23. The van der Waals surface area contributed by atoms with E-state index >= 15 is 0 Å². The van der Waals surface area contributed by atoms with E-state index in [0.29, 0.717) is 10.4 Å². The quantitative estimate of drug-likeness (QED) is 0.238. The fourth-order valence-corrected chi connectivity index (χ4v) is 1.39. The van der Waals surface area contributed by atoms with Crippen LogP contribution in [0.4, 0.5) is 0 Å². The SMILES string of the molecule is CCCCCC(C)N(N)C(=S)S. The zero-order chi connectivity index (χ0) is 9.56. The van der Waals surface area contributed by atoms with Crippen molar-refractivity contribution in [3.8, 4) is 0 Å². The molecule has 0 aromatic carbocycles. The van der Waals surface area contributed by atoms with E-state index in [1.165, 1.54) is 19.3 Å². The van der Waals surface area contributed by atoms with E-state index in [1.54, 1.807) is 5.01 Å². The minimum Gasteiger partial charge on any atom is -0.293 e. The summed E-state index contributed by atoms with van der Waals surface area (Å²) in [4.78, 5) is 0. The molecule has 0 fully saturated rings. The van der Waals surface area contributed by atoms with E-state index in [-0.39, 0.29) is 0 Å². The molecule has 0 aliphatic heterocycles. The number of unbranched alkanes of at least 4 members (excludes halogenated alkanes) is 2. The first-order valence-corrected chi connectivity index (χ1v) is 5.22. The summed E-state index contributed by atoms with van der Waals surface area (Å²) in [5, 5.41) is 1.55. The van der Waals surface area contributed by atoms with Crippen LogP contribution in [-0.4, -0.2) is 15.4 Å². The topological polar surface area (TPSA) is 29.3 Å². The normalized spacial score (nSPS) is 12.7. The summed E-state index contributed by atoms with van der Waals surface area (Å²) in [7, 11) is 0. The first-order valence-electron chi connectivity index (χ1n) is 4.36. The molecule has 1 unspecified atom stereocenters. The largest absolute Gasteiger partial charge is 0.293 e. The van der Waals surface area contributed by atoms with Gasteiger partial charge in [-0.15, -0.1) is 12.6 Å². The molecule has 0 saturated carbocycles. The van der Waals surface area contributed by atoms with Crippen LogP contribution in [0.2, 0.25) is 0 Å². The Hall–Kier alpha value is 0.200. The number of hydrogen-bond donors (Lipinski definition) is 2. The third kappa shape index (κ3) is 4.95. The van der Waals surface area contributed by atoms with Gasteiger partial charge in [-0.05, 0) is 13.3 Å². The molecule has 0 aromatic rings. The van der Waals surface area contributed by atoms with Gasteiger partial charge in [-0.3, -0.25) is 5.01 Å². The number of thiol groups is 1. The summed E-state index contributed by atoms with van der Waals surface area (Å²) >= 11 is 8.85. The van der Waals surface area contributed by atoms with Crippen LogP contribution in [-0.2, 0) is 0 Å². The minimum atomic E-state index is 0.307. The molecule has 12 heavy (non-hydrogen) atoms. The third-order valence-electron chi connectivity index (χ3n) is 1.92. The Bertz CT molecular complexity index is 139. The molecular formula is C8H18N2S2. The average Bonchev–Trinajstić information content (AvgIpc) is 2.03. The van der Waals surface area contributed by atoms with Gasteiger partial charge in [0.2, 0.25) is 0 Å². The van der Waals surface area contributed by atoms with E-state index in [2.05, 4.69) is 26.5 Å². The van der Waals surface area contributed by atoms with Crippen molar-refractivity contribution in [1.29, 1.82) is 0 Å². The summed E-state index contributed by atoms with van der Waals surface area (Å²) in [6.45, 7) is 4.26. The van der Waals surface area contributed by atoms with Crippen LogP contribution < -0.4 is 5.84 Å². The van der Waals surface area contributed by atoms with E-state index in [9.17, 15) is 0 Å². The van der Waals surface area contributed by atoms with Crippen molar-refractivity contribution in [3.05, 3.63) is 0 Å². The Morgan fingerprint density at radius 3 is 2.58 bits per heavy atom. The maximum absolute atomic E-state index is 5.66. The highest BCUT2D eigenvalue weighted by Crippen LogP contribution is 2.08. The summed E-state index contributed by atoms with van der Waals surface area (Å²) in [5.74, 6) is 5.66. The fraction of sp³-hybridized carbons (Fsp3) is 0.875. The maximum Gasteiger partial charge on any atom is 0.147 e. The third-order valence-corrected chi connectivity index (χ3v) is 2.36. The van der Waals surface area contributed by atoms with E-state index in [4.69, 9.17) is 18.1 Å². The van der Waals surface area contributed by atoms with Crippen LogP contribution in [0.25, 0.3) is 0 Å². The van der Waals surface area contributed by atoms with Crippen LogP contribution in [0, 0.1) is 0 Å². The Balaban J connectivity index is 3.56. The lowest BCUT2D eigenvalue weighted by atomic mass is 10.1. The first kappa shape index (κ1) is 12.2. The van der Waals surface area contributed by atoms with Crippen LogP contribution in [0.1, 0.15) is 39.5 Å². The van der Waals surface area contributed by atoms with Crippen LogP contribution >= 0.6 is 24.8 Å². The van der Waals surface area contributed by atoms with E-state index in [1.807, 2.05) is 0 Å². The van der Waals surface area contributed by atoms with Gasteiger partial charge in [0.05, 0.1) is 0 Å². The molecule has 0 heterocycles. The number of nitrogens with zero attached hydrogens (tertiary/aromatic N) is 1. The standard InChI is InChI=1S/C8H18N2S2/c1-3-4-5-6-7(2)10(9)8(11)12/h7H,3-6,9H2,1-2H3,(H,11,12). The van der Waals surface area contributed by atoms with Crippen LogP contribution in [0.3, 0.4) is 0 Å². The average molecular weight is 206 g/mol.